The van der Waals surface area contributed by atoms with Crippen molar-refractivity contribution in [2.45, 2.75) is 18.0 Å². The third kappa shape index (κ3) is 4.63. The Labute approximate surface area is 161 Å². The highest BCUT2D eigenvalue weighted by Crippen LogP contribution is 2.16. The van der Waals surface area contributed by atoms with E-state index in [1.54, 1.807) is 17.8 Å². The maximum atomic E-state index is 13.4. The van der Waals surface area contributed by atoms with Crippen LogP contribution in [-0.2, 0) is 23.5 Å². The Morgan fingerprint density at radius 2 is 1.96 bits per heavy atom. The number of aryl methyl sites for hydroxylation is 1. The first kappa shape index (κ1) is 20.1. The maximum Gasteiger partial charge on any atom is 0.332 e. The third-order valence-corrected chi connectivity index (χ3v) is 6.39. The van der Waals surface area contributed by atoms with Crippen LogP contribution in [0.25, 0.3) is 0 Å². The van der Waals surface area contributed by atoms with Gasteiger partial charge in [-0.3, -0.25) is 9.58 Å². The van der Waals surface area contributed by atoms with E-state index >= 15 is 0 Å². The molecule has 12 heteroatoms. The first-order valence-electron chi connectivity index (χ1n) is 8.13. The second kappa shape index (κ2) is 7.80. The Morgan fingerprint density at radius 1 is 1.33 bits per heavy atom. The molecule has 2 heterocycles. The molecule has 1 aliphatic rings. The van der Waals surface area contributed by atoms with Gasteiger partial charge in [-0.15, -0.1) is 18.5 Å². The molecule has 27 heavy (non-hydrogen) atoms. The zero-order chi connectivity index (χ0) is 19.8. The summed E-state index contributed by atoms with van der Waals surface area (Å²) in [5, 5.41) is 7.49. The van der Waals surface area contributed by atoms with Crippen molar-refractivity contribution in [3.8, 4) is 0 Å². The van der Waals surface area contributed by atoms with Crippen molar-refractivity contribution in [3.05, 3.63) is 29.7 Å². The zero-order valence-corrected chi connectivity index (χ0v) is 17.8. The van der Waals surface area contributed by atoms with Crippen LogP contribution < -0.4 is 20.6 Å². The summed E-state index contributed by atoms with van der Waals surface area (Å²) >= 11 is 0. The van der Waals surface area contributed by atoms with Crippen molar-refractivity contribution >= 4 is 50.7 Å². The molecule has 1 saturated heterocycles. The molecule has 146 valence electrons. The lowest BCUT2D eigenvalue weighted by Crippen LogP contribution is -2.36. The number of hydrogen-bond donors (Lipinski definition) is 3. The molecule has 3 rings (SSSR count). The Morgan fingerprint density at radius 3 is 2.52 bits per heavy atom. The van der Waals surface area contributed by atoms with E-state index in [0.717, 1.165) is 25.2 Å². The van der Waals surface area contributed by atoms with E-state index in [4.69, 9.17) is 4.78 Å². The van der Waals surface area contributed by atoms with Gasteiger partial charge in [-0.2, -0.15) is 5.10 Å². The standard InChI is InChI=1S/C15H21FN6O2P2S/c1-21-10(8-22-3-2-4-22)7-13(19-21)27(17,24)20-15(23)18-14-11(25)5-9(16)6-12(14)26/h5-7H,2-4,8,25-26H2,1H3,(H3,17,18,20,23,24). The Balaban J connectivity index is 1.72. The molecule has 3 atom stereocenters. The summed E-state index contributed by atoms with van der Waals surface area (Å²) in [6, 6.07) is 3.23. The number of rotatable bonds is 5. The highest BCUT2D eigenvalue weighted by molar-refractivity contribution is 7.91. The van der Waals surface area contributed by atoms with Crippen molar-refractivity contribution in [2.24, 2.45) is 7.05 Å². The molecule has 0 saturated carbocycles. The summed E-state index contributed by atoms with van der Waals surface area (Å²) in [4.78, 5) is 14.4. The fourth-order valence-electron chi connectivity index (χ4n) is 2.65. The number of aromatic nitrogens is 2. The van der Waals surface area contributed by atoms with Crippen LogP contribution in [0.3, 0.4) is 0 Å². The van der Waals surface area contributed by atoms with Gasteiger partial charge in [0.1, 0.15) is 5.82 Å². The lowest BCUT2D eigenvalue weighted by Gasteiger charge is -2.30. The van der Waals surface area contributed by atoms with Gasteiger partial charge in [0.2, 0.25) is 0 Å². The fourth-order valence-corrected chi connectivity index (χ4v) is 4.57. The summed E-state index contributed by atoms with van der Waals surface area (Å²) in [6.45, 7) is 2.67. The molecule has 1 aromatic carbocycles. The Hall–Kier alpha value is -1.60. The summed E-state index contributed by atoms with van der Waals surface area (Å²) in [6.07, 6.45) is 1.15. The second-order valence-corrected chi connectivity index (χ2v) is 9.28. The van der Waals surface area contributed by atoms with E-state index in [2.05, 4.69) is 38.5 Å². The van der Waals surface area contributed by atoms with Gasteiger partial charge in [0, 0.05) is 13.6 Å². The first-order chi connectivity index (χ1) is 12.7. The lowest BCUT2D eigenvalue weighted by molar-refractivity contribution is 0.168. The Bertz CT molecular complexity index is 967. The SMILES string of the molecule is Cn1nc(S(=N)(=O)NC(=O)Nc2c(P)cc(F)cc2P)cc1CN1CCC1. The van der Waals surface area contributed by atoms with E-state index in [1.165, 1.54) is 12.1 Å². The van der Waals surface area contributed by atoms with Gasteiger partial charge in [-0.05, 0) is 48.3 Å². The number of nitrogens with zero attached hydrogens (tertiary/aromatic N) is 3. The van der Waals surface area contributed by atoms with Crippen molar-refractivity contribution in [1.82, 2.24) is 19.4 Å². The highest BCUT2D eigenvalue weighted by Gasteiger charge is 2.22. The predicted molar refractivity (Wildman–Crippen MR) is 109 cm³/mol. The number of anilines is 1. The van der Waals surface area contributed by atoms with Crippen molar-refractivity contribution < 1.29 is 13.4 Å². The fraction of sp³-hybridized carbons (Fsp3) is 0.333. The summed E-state index contributed by atoms with van der Waals surface area (Å²) < 4.78 is 37.8. The summed E-state index contributed by atoms with van der Waals surface area (Å²) in [7, 11) is 2.72. The summed E-state index contributed by atoms with van der Waals surface area (Å²) in [5.74, 6) is -0.441. The van der Waals surface area contributed by atoms with E-state index < -0.39 is 21.8 Å². The first-order valence-corrected chi connectivity index (χ1v) is 10.8. The number of likely N-dealkylation sites (tertiary alicyclic amines) is 1. The van der Waals surface area contributed by atoms with Crippen LogP contribution in [0.15, 0.2) is 23.2 Å². The van der Waals surface area contributed by atoms with Gasteiger partial charge in [0.05, 0.1) is 11.4 Å². The molecule has 2 aromatic rings. The average molecular weight is 430 g/mol. The highest BCUT2D eigenvalue weighted by atomic mass is 32.2. The molecule has 1 aliphatic heterocycles. The molecule has 1 fully saturated rings. The molecule has 0 bridgehead atoms. The van der Waals surface area contributed by atoms with Crippen LogP contribution >= 0.6 is 18.5 Å². The van der Waals surface area contributed by atoms with Gasteiger partial charge < -0.3 is 5.32 Å². The number of benzene rings is 1. The van der Waals surface area contributed by atoms with Crippen LogP contribution in [0.5, 0.6) is 0 Å². The number of urea groups is 1. The van der Waals surface area contributed by atoms with Crippen LogP contribution in [0.1, 0.15) is 12.1 Å². The number of carbonyl (C=O) groups excluding carboxylic acids is 1. The average Bonchev–Trinajstić information content (AvgIpc) is 2.88. The molecule has 0 spiro atoms. The van der Waals surface area contributed by atoms with Crippen LogP contribution in [0.4, 0.5) is 14.9 Å². The molecule has 0 aliphatic carbocycles. The molecule has 3 N–H and O–H groups in total. The zero-order valence-electron chi connectivity index (χ0n) is 14.7. The minimum absolute atomic E-state index is 0.00743. The van der Waals surface area contributed by atoms with Crippen molar-refractivity contribution in [3.63, 3.8) is 0 Å². The minimum atomic E-state index is -3.64. The molecule has 8 nitrogen and oxygen atoms in total. The normalized spacial score (nSPS) is 16.4. The summed E-state index contributed by atoms with van der Waals surface area (Å²) in [5.41, 5.74) is 1.17. The lowest BCUT2D eigenvalue weighted by atomic mass is 10.2. The number of carbonyl (C=O) groups is 1. The van der Waals surface area contributed by atoms with Gasteiger partial charge in [0.15, 0.2) is 14.9 Å². The molecule has 2 amide bonds. The van der Waals surface area contributed by atoms with Gasteiger partial charge in [0.25, 0.3) is 0 Å². The number of halogens is 1. The van der Waals surface area contributed by atoms with E-state index in [9.17, 15) is 13.4 Å². The number of hydrogen-bond acceptors (Lipinski definition) is 5. The molecular weight excluding hydrogens is 409 g/mol. The van der Waals surface area contributed by atoms with Crippen LogP contribution in [0, 0.1) is 10.6 Å². The van der Waals surface area contributed by atoms with Crippen molar-refractivity contribution in [1.29, 1.82) is 4.78 Å². The largest absolute Gasteiger partial charge is 0.332 e. The third-order valence-electron chi connectivity index (χ3n) is 4.22. The Kier molecular flexibility index (Phi) is 5.82. The quantitative estimate of drug-likeness (QED) is 0.614. The molecule has 0 radical (unpaired) electrons. The number of nitrogens with one attached hydrogen (secondary N) is 3. The smallest absolute Gasteiger partial charge is 0.306 e. The number of amides is 2. The molecule has 3 unspecified atom stereocenters. The topological polar surface area (TPSA) is 103 Å². The van der Waals surface area contributed by atoms with Crippen molar-refractivity contribution in [2.75, 3.05) is 18.4 Å². The van der Waals surface area contributed by atoms with E-state index in [1.807, 2.05) is 0 Å². The van der Waals surface area contributed by atoms with Gasteiger partial charge >= 0.3 is 6.03 Å². The van der Waals surface area contributed by atoms with Crippen LogP contribution in [-0.4, -0.2) is 38.0 Å². The maximum absolute atomic E-state index is 13.4. The van der Waals surface area contributed by atoms with Crippen LogP contribution in [0.2, 0.25) is 0 Å². The second-order valence-electron chi connectivity index (χ2n) is 6.30. The van der Waals surface area contributed by atoms with E-state index in [-0.39, 0.29) is 5.03 Å². The predicted octanol–water partition coefficient (Wildman–Crippen LogP) is 0.908. The monoisotopic (exact) mass is 430 g/mol. The minimum Gasteiger partial charge on any atom is -0.306 e. The van der Waals surface area contributed by atoms with E-state index in [0.29, 0.717) is 22.8 Å². The van der Waals surface area contributed by atoms with Gasteiger partial charge in [-0.1, -0.05) is 0 Å². The van der Waals surface area contributed by atoms with Gasteiger partial charge in [-0.25, -0.2) is 22.9 Å². The molecular formula is C15H21FN6O2P2S. The molecule has 1 aromatic heterocycles.